The number of hydrogen-bond acceptors (Lipinski definition) is 3. The highest BCUT2D eigenvalue weighted by molar-refractivity contribution is 5.89. The molecule has 2 amide bonds. The zero-order valence-electron chi connectivity index (χ0n) is 10.1. The van der Waals surface area contributed by atoms with E-state index in [-0.39, 0.29) is 42.7 Å². The molecule has 0 bridgehead atoms. The zero-order chi connectivity index (χ0) is 12.3. The molecule has 1 fully saturated rings. The molecule has 2 atom stereocenters. The fraction of sp³-hybridized carbons (Fsp3) is 0.818. The van der Waals surface area contributed by atoms with Gasteiger partial charge in [0.05, 0.1) is 18.6 Å². The number of aliphatic hydroxyl groups excluding tert-OH is 1. The maximum atomic E-state index is 11.8. The lowest BCUT2D eigenvalue weighted by Crippen LogP contribution is -2.44. The Labute approximate surface area is 95.8 Å². The Morgan fingerprint density at radius 2 is 2.25 bits per heavy atom. The lowest BCUT2D eigenvalue weighted by molar-refractivity contribution is -0.128. The van der Waals surface area contributed by atoms with Crippen LogP contribution in [0.4, 0.5) is 0 Å². The van der Waals surface area contributed by atoms with Gasteiger partial charge in [0.1, 0.15) is 0 Å². The summed E-state index contributed by atoms with van der Waals surface area (Å²) in [6, 6.07) is -0.228. The molecule has 16 heavy (non-hydrogen) atoms. The molecule has 0 radical (unpaired) electrons. The van der Waals surface area contributed by atoms with Crippen molar-refractivity contribution in [1.82, 2.24) is 10.2 Å². The maximum Gasteiger partial charge on any atom is 0.225 e. The van der Waals surface area contributed by atoms with E-state index in [0.717, 1.165) is 0 Å². The monoisotopic (exact) mass is 228 g/mol. The van der Waals surface area contributed by atoms with E-state index in [2.05, 4.69) is 5.32 Å². The van der Waals surface area contributed by atoms with E-state index in [9.17, 15) is 9.59 Å². The Hall–Kier alpha value is -1.10. The number of likely N-dealkylation sites (tertiary alicyclic amines) is 1. The second-order valence-electron chi connectivity index (χ2n) is 4.72. The first-order chi connectivity index (χ1) is 7.45. The second-order valence-corrected chi connectivity index (χ2v) is 4.72. The summed E-state index contributed by atoms with van der Waals surface area (Å²) in [4.78, 5) is 24.6. The van der Waals surface area contributed by atoms with Gasteiger partial charge < -0.3 is 15.3 Å². The minimum Gasteiger partial charge on any atom is -0.394 e. The van der Waals surface area contributed by atoms with Gasteiger partial charge in [-0.1, -0.05) is 13.8 Å². The van der Waals surface area contributed by atoms with Crippen LogP contribution in [0.15, 0.2) is 0 Å². The molecule has 5 nitrogen and oxygen atoms in total. The van der Waals surface area contributed by atoms with Crippen LogP contribution in [0.5, 0.6) is 0 Å². The lowest BCUT2D eigenvalue weighted by Gasteiger charge is -2.21. The molecule has 0 aromatic carbocycles. The molecule has 0 aromatic rings. The Balaban J connectivity index is 2.50. The average Bonchev–Trinajstić information content (AvgIpc) is 2.55. The van der Waals surface area contributed by atoms with Crippen LogP contribution in [-0.2, 0) is 9.59 Å². The first-order valence-corrected chi connectivity index (χ1v) is 5.61. The summed E-state index contributed by atoms with van der Waals surface area (Å²) in [5.41, 5.74) is 0. The summed E-state index contributed by atoms with van der Waals surface area (Å²) >= 11 is 0. The van der Waals surface area contributed by atoms with Crippen molar-refractivity contribution in [3.63, 3.8) is 0 Å². The van der Waals surface area contributed by atoms with Gasteiger partial charge in [-0.2, -0.15) is 0 Å². The van der Waals surface area contributed by atoms with Crippen LogP contribution in [0.1, 0.15) is 20.3 Å². The van der Waals surface area contributed by atoms with Crippen molar-refractivity contribution in [2.45, 2.75) is 26.3 Å². The Bertz CT molecular complexity index is 278. The first kappa shape index (κ1) is 13.0. The molecule has 5 heteroatoms. The number of nitrogens with zero attached hydrogens (tertiary/aromatic N) is 1. The summed E-state index contributed by atoms with van der Waals surface area (Å²) in [7, 11) is 1.70. The number of hydrogen-bond donors (Lipinski definition) is 2. The van der Waals surface area contributed by atoms with E-state index in [1.54, 1.807) is 11.9 Å². The minimum atomic E-state index is -0.273. The molecule has 0 spiro atoms. The van der Waals surface area contributed by atoms with E-state index in [0.29, 0.717) is 6.54 Å². The SMILES string of the molecule is CC(C)C(CO)NC(=O)C1CC(=O)N(C)C1. The maximum absolute atomic E-state index is 11.8. The third-order valence-electron chi connectivity index (χ3n) is 3.04. The quantitative estimate of drug-likeness (QED) is 0.687. The van der Waals surface area contributed by atoms with Gasteiger partial charge in [-0.15, -0.1) is 0 Å². The number of rotatable bonds is 4. The van der Waals surface area contributed by atoms with Gasteiger partial charge in [0.25, 0.3) is 0 Å². The number of carbonyl (C=O) groups excluding carboxylic acids is 2. The van der Waals surface area contributed by atoms with Crippen molar-refractivity contribution in [1.29, 1.82) is 0 Å². The van der Waals surface area contributed by atoms with Crippen molar-refractivity contribution >= 4 is 11.8 Å². The molecule has 1 aliphatic rings. The summed E-state index contributed by atoms with van der Waals surface area (Å²) in [6.07, 6.45) is 0.276. The van der Waals surface area contributed by atoms with Gasteiger partial charge in [0.2, 0.25) is 11.8 Å². The van der Waals surface area contributed by atoms with E-state index in [4.69, 9.17) is 5.11 Å². The summed E-state index contributed by atoms with van der Waals surface area (Å²) in [5.74, 6) is -0.218. The summed E-state index contributed by atoms with van der Waals surface area (Å²) < 4.78 is 0. The van der Waals surface area contributed by atoms with Gasteiger partial charge in [0, 0.05) is 20.0 Å². The van der Waals surface area contributed by atoms with Crippen LogP contribution in [0.2, 0.25) is 0 Å². The van der Waals surface area contributed by atoms with Gasteiger partial charge in [0.15, 0.2) is 0 Å². The Morgan fingerprint density at radius 1 is 1.62 bits per heavy atom. The smallest absolute Gasteiger partial charge is 0.225 e. The predicted octanol–water partition coefficient (Wildman–Crippen LogP) is -0.402. The molecule has 0 aromatic heterocycles. The van der Waals surface area contributed by atoms with Crippen LogP contribution < -0.4 is 5.32 Å². The summed E-state index contributed by atoms with van der Waals surface area (Å²) in [6.45, 7) is 4.28. The van der Waals surface area contributed by atoms with Crippen LogP contribution in [0, 0.1) is 11.8 Å². The standard InChI is InChI=1S/C11H20N2O3/c1-7(2)9(6-14)12-11(16)8-4-10(15)13(3)5-8/h7-9,14H,4-6H2,1-3H3,(H,12,16). The molecule has 0 saturated carbocycles. The molecule has 1 saturated heterocycles. The van der Waals surface area contributed by atoms with Gasteiger partial charge in [-0.05, 0) is 5.92 Å². The molecule has 1 heterocycles. The molecular formula is C11H20N2O3. The van der Waals surface area contributed by atoms with E-state index >= 15 is 0 Å². The minimum absolute atomic E-state index is 0.00486. The van der Waals surface area contributed by atoms with Crippen LogP contribution in [0.3, 0.4) is 0 Å². The van der Waals surface area contributed by atoms with E-state index in [1.165, 1.54) is 0 Å². The molecular weight excluding hydrogens is 208 g/mol. The van der Waals surface area contributed by atoms with Crippen LogP contribution in [0.25, 0.3) is 0 Å². The van der Waals surface area contributed by atoms with E-state index in [1.807, 2.05) is 13.8 Å². The molecule has 1 aliphatic heterocycles. The fourth-order valence-electron chi connectivity index (χ4n) is 1.76. The average molecular weight is 228 g/mol. The predicted molar refractivity (Wildman–Crippen MR) is 59.6 cm³/mol. The summed E-state index contributed by atoms with van der Waals surface area (Å²) in [5, 5.41) is 11.9. The Kier molecular flexibility index (Phi) is 4.29. The zero-order valence-corrected chi connectivity index (χ0v) is 10.1. The highest BCUT2D eigenvalue weighted by atomic mass is 16.3. The number of aliphatic hydroxyl groups is 1. The van der Waals surface area contributed by atoms with E-state index < -0.39 is 0 Å². The third kappa shape index (κ3) is 2.95. The number of nitrogens with one attached hydrogen (secondary N) is 1. The lowest BCUT2D eigenvalue weighted by atomic mass is 10.0. The fourth-order valence-corrected chi connectivity index (χ4v) is 1.76. The third-order valence-corrected chi connectivity index (χ3v) is 3.04. The second kappa shape index (κ2) is 5.30. The molecule has 0 aliphatic carbocycles. The van der Waals surface area contributed by atoms with Crippen molar-refractivity contribution in [2.75, 3.05) is 20.2 Å². The first-order valence-electron chi connectivity index (χ1n) is 5.61. The van der Waals surface area contributed by atoms with Crippen molar-refractivity contribution in [2.24, 2.45) is 11.8 Å². The van der Waals surface area contributed by atoms with Crippen molar-refractivity contribution in [3.05, 3.63) is 0 Å². The highest BCUT2D eigenvalue weighted by Crippen LogP contribution is 2.16. The molecule has 92 valence electrons. The van der Waals surface area contributed by atoms with Gasteiger partial charge in [-0.25, -0.2) is 0 Å². The Morgan fingerprint density at radius 3 is 2.62 bits per heavy atom. The largest absolute Gasteiger partial charge is 0.394 e. The normalized spacial score (nSPS) is 22.7. The molecule has 1 rings (SSSR count). The van der Waals surface area contributed by atoms with Crippen molar-refractivity contribution < 1.29 is 14.7 Å². The highest BCUT2D eigenvalue weighted by Gasteiger charge is 2.33. The number of carbonyl (C=O) groups is 2. The van der Waals surface area contributed by atoms with Crippen molar-refractivity contribution in [3.8, 4) is 0 Å². The van der Waals surface area contributed by atoms with Gasteiger partial charge >= 0.3 is 0 Å². The van der Waals surface area contributed by atoms with Gasteiger partial charge in [-0.3, -0.25) is 9.59 Å². The number of amides is 2. The molecule has 2 unspecified atom stereocenters. The topological polar surface area (TPSA) is 69.6 Å². The van der Waals surface area contributed by atoms with Crippen LogP contribution in [-0.4, -0.2) is 48.1 Å². The molecule has 2 N–H and O–H groups in total. The van der Waals surface area contributed by atoms with Crippen LogP contribution >= 0.6 is 0 Å².